The van der Waals surface area contributed by atoms with E-state index in [9.17, 15) is 8.42 Å². The molecule has 0 fully saturated rings. The molecule has 0 saturated carbocycles. The Morgan fingerprint density at radius 3 is 2.76 bits per heavy atom. The third-order valence-electron chi connectivity index (χ3n) is 3.20. The van der Waals surface area contributed by atoms with E-state index < -0.39 is 10.0 Å². The lowest BCUT2D eigenvalue weighted by molar-refractivity contribution is 0.562. The molecular formula is C14H27N3O2S2. The quantitative estimate of drug-likeness (QED) is 0.641. The smallest absolute Gasteiger partial charge is 0.242 e. The van der Waals surface area contributed by atoms with Gasteiger partial charge >= 0.3 is 0 Å². The van der Waals surface area contributed by atoms with Crippen LogP contribution in [0.25, 0.3) is 0 Å². The van der Waals surface area contributed by atoms with Crippen LogP contribution in [0.15, 0.2) is 17.2 Å². The van der Waals surface area contributed by atoms with Gasteiger partial charge in [0.1, 0.15) is 0 Å². The number of rotatable bonds is 10. The first kappa shape index (κ1) is 18.5. The normalized spacial score (nSPS) is 13.5. The predicted octanol–water partition coefficient (Wildman–Crippen LogP) is 1.80. The monoisotopic (exact) mass is 333 g/mol. The number of aryl methyl sites for hydroxylation is 1. The molecule has 1 rings (SSSR count). The van der Waals surface area contributed by atoms with Gasteiger partial charge in [0, 0.05) is 32.0 Å². The Balaban J connectivity index is 2.68. The molecule has 7 heteroatoms. The first-order valence-corrected chi connectivity index (χ1v) is 10.1. The summed E-state index contributed by atoms with van der Waals surface area (Å²) in [6.07, 6.45) is 4.76. The van der Waals surface area contributed by atoms with Crippen molar-refractivity contribution in [1.82, 2.24) is 14.6 Å². The number of sulfonamides is 1. The summed E-state index contributed by atoms with van der Waals surface area (Å²) < 4.78 is 29.1. The van der Waals surface area contributed by atoms with Crippen LogP contribution >= 0.6 is 11.8 Å². The third-order valence-corrected chi connectivity index (χ3v) is 5.49. The van der Waals surface area contributed by atoms with Crippen LogP contribution in [0.5, 0.6) is 0 Å². The molecule has 0 spiro atoms. The van der Waals surface area contributed by atoms with Crippen molar-refractivity contribution in [3.63, 3.8) is 0 Å². The fraction of sp³-hybridized carbons (Fsp3) is 0.714. The number of nitrogens with one attached hydrogen (secondary N) is 2. The summed E-state index contributed by atoms with van der Waals surface area (Å²) in [5.74, 6) is 1.27. The topological polar surface area (TPSA) is 63.1 Å². The molecule has 21 heavy (non-hydrogen) atoms. The molecule has 0 bridgehead atoms. The molecule has 0 saturated heterocycles. The van der Waals surface area contributed by atoms with Gasteiger partial charge in [-0.05, 0) is 37.0 Å². The molecule has 0 amide bonds. The maximum Gasteiger partial charge on any atom is 0.242 e. The van der Waals surface area contributed by atoms with Crippen molar-refractivity contribution in [2.45, 2.75) is 31.7 Å². The van der Waals surface area contributed by atoms with E-state index in [0.717, 1.165) is 24.4 Å². The van der Waals surface area contributed by atoms with Gasteiger partial charge in [0.15, 0.2) is 0 Å². The van der Waals surface area contributed by atoms with Gasteiger partial charge in [0.25, 0.3) is 0 Å². The Morgan fingerprint density at radius 2 is 2.14 bits per heavy atom. The maximum atomic E-state index is 12.3. The standard InChI is InChI=1S/C14H27N3O2S2/c1-5-6-15-9-13-7-14(10-17(13)3)21(18,19)16-8-12(2)11-20-4/h7,10,12,15-16H,5-6,8-9,11H2,1-4H3. The first-order chi connectivity index (χ1) is 9.90. The minimum Gasteiger partial charge on any atom is -0.352 e. The average molecular weight is 334 g/mol. The van der Waals surface area contributed by atoms with E-state index in [1.54, 1.807) is 24.0 Å². The second-order valence-electron chi connectivity index (χ2n) is 5.37. The number of hydrogen-bond donors (Lipinski definition) is 2. The van der Waals surface area contributed by atoms with Gasteiger partial charge in [-0.15, -0.1) is 0 Å². The van der Waals surface area contributed by atoms with Crippen molar-refractivity contribution < 1.29 is 8.42 Å². The molecule has 122 valence electrons. The zero-order chi connectivity index (χ0) is 15.9. The van der Waals surface area contributed by atoms with E-state index in [2.05, 4.69) is 17.0 Å². The van der Waals surface area contributed by atoms with Crippen LogP contribution in [-0.2, 0) is 23.6 Å². The number of hydrogen-bond acceptors (Lipinski definition) is 4. The molecule has 0 aromatic carbocycles. The van der Waals surface area contributed by atoms with Gasteiger partial charge in [-0.3, -0.25) is 0 Å². The fourth-order valence-corrected chi connectivity index (χ4v) is 3.92. The van der Waals surface area contributed by atoms with Crippen LogP contribution in [0, 0.1) is 5.92 Å². The highest BCUT2D eigenvalue weighted by Gasteiger charge is 2.18. The SMILES string of the molecule is CCCNCc1cc(S(=O)(=O)NCC(C)CSC)cn1C. The van der Waals surface area contributed by atoms with Gasteiger partial charge in [0.2, 0.25) is 10.0 Å². The first-order valence-electron chi connectivity index (χ1n) is 7.25. The minimum absolute atomic E-state index is 0.323. The van der Waals surface area contributed by atoms with Gasteiger partial charge < -0.3 is 9.88 Å². The molecule has 0 radical (unpaired) electrons. The molecule has 2 N–H and O–H groups in total. The second kappa shape index (κ2) is 8.82. The number of aromatic nitrogens is 1. The summed E-state index contributed by atoms with van der Waals surface area (Å²) in [6.45, 7) is 6.24. The second-order valence-corrected chi connectivity index (χ2v) is 8.04. The zero-order valence-electron chi connectivity index (χ0n) is 13.3. The molecule has 0 aliphatic rings. The lowest BCUT2D eigenvalue weighted by Gasteiger charge is -2.10. The maximum absolute atomic E-state index is 12.3. The van der Waals surface area contributed by atoms with Crippen molar-refractivity contribution in [1.29, 1.82) is 0 Å². The molecule has 1 aromatic rings. The highest BCUT2D eigenvalue weighted by atomic mass is 32.2. The van der Waals surface area contributed by atoms with E-state index in [1.165, 1.54) is 0 Å². The van der Waals surface area contributed by atoms with E-state index in [-0.39, 0.29) is 0 Å². The molecule has 0 aliphatic heterocycles. The Hall–Kier alpha value is -0.500. The highest BCUT2D eigenvalue weighted by molar-refractivity contribution is 7.98. The Kier molecular flexibility index (Phi) is 7.79. The summed E-state index contributed by atoms with van der Waals surface area (Å²) >= 11 is 1.73. The van der Waals surface area contributed by atoms with Crippen molar-refractivity contribution in [2.75, 3.05) is 25.1 Å². The fourth-order valence-electron chi connectivity index (χ4n) is 1.97. The van der Waals surface area contributed by atoms with Crippen LogP contribution in [0.1, 0.15) is 26.0 Å². The largest absolute Gasteiger partial charge is 0.352 e. The van der Waals surface area contributed by atoms with Gasteiger partial charge in [-0.25, -0.2) is 13.1 Å². The molecule has 1 unspecified atom stereocenters. The third kappa shape index (κ3) is 6.02. The van der Waals surface area contributed by atoms with E-state index in [4.69, 9.17) is 0 Å². The molecule has 1 atom stereocenters. The predicted molar refractivity (Wildman–Crippen MR) is 90.1 cm³/mol. The van der Waals surface area contributed by atoms with E-state index >= 15 is 0 Å². The van der Waals surface area contributed by atoms with Crippen LogP contribution < -0.4 is 10.0 Å². The van der Waals surface area contributed by atoms with Crippen molar-refractivity contribution in [2.24, 2.45) is 13.0 Å². The molecular weight excluding hydrogens is 306 g/mol. The van der Waals surface area contributed by atoms with Crippen LogP contribution in [-0.4, -0.2) is 38.1 Å². The van der Waals surface area contributed by atoms with E-state index in [0.29, 0.717) is 23.9 Å². The zero-order valence-corrected chi connectivity index (χ0v) is 15.0. The summed E-state index contributed by atoms with van der Waals surface area (Å²) in [5, 5.41) is 3.29. The summed E-state index contributed by atoms with van der Waals surface area (Å²) in [6, 6.07) is 1.74. The van der Waals surface area contributed by atoms with Crippen LogP contribution in [0.2, 0.25) is 0 Å². The summed E-state index contributed by atoms with van der Waals surface area (Å²) in [5.41, 5.74) is 0.973. The minimum atomic E-state index is -3.41. The average Bonchev–Trinajstić information content (AvgIpc) is 2.80. The molecule has 1 aromatic heterocycles. The van der Waals surface area contributed by atoms with Crippen LogP contribution in [0.3, 0.4) is 0 Å². The lowest BCUT2D eigenvalue weighted by Crippen LogP contribution is -2.29. The highest BCUT2D eigenvalue weighted by Crippen LogP contribution is 2.14. The number of nitrogens with zero attached hydrogens (tertiary/aromatic N) is 1. The summed E-state index contributed by atoms with van der Waals surface area (Å²) in [7, 11) is -1.54. The van der Waals surface area contributed by atoms with Gasteiger partial charge in [-0.1, -0.05) is 13.8 Å². The molecule has 5 nitrogen and oxygen atoms in total. The van der Waals surface area contributed by atoms with Crippen LogP contribution in [0.4, 0.5) is 0 Å². The Labute approximate surface area is 132 Å². The Bertz CT molecular complexity index is 526. The Morgan fingerprint density at radius 1 is 1.43 bits per heavy atom. The van der Waals surface area contributed by atoms with Gasteiger partial charge in [0.05, 0.1) is 4.90 Å². The van der Waals surface area contributed by atoms with Crippen molar-refractivity contribution >= 4 is 21.8 Å². The van der Waals surface area contributed by atoms with Crippen molar-refractivity contribution in [3.05, 3.63) is 18.0 Å². The molecule has 0 aliphatic carbocycles. The van der Waals surface area contributed by atoms with Crippen molar-refractivity contribution in [3.8, 4) is 0 Å². The summed E-state index contributed by atoms with van der Waals surface area (Å²) in [4.78, 5) is 0.342. The number of thioether (sulfide) groups is 1. The van der Waals surface area contributed by atoms with E-state index in [1.807, 2.05) is 24.8 Å². The lowest BCUT2D eigenvalue weighted by atomic mass is 10.2. The molecule has 1 heterocycles. The van der Waals surface area contributed by atoms with Gasteiger partial charge in [-0.2, -0.15) is 11.8 Å².